The summed E-state index contributed by atoms with van der Waals surface area (Å²) in [5, 5.41) is 37.5. The predicted molar refractivity (Wildman–Crippen MR) is 54.2 cm³/mol. The normalized spacial score (nSPS) is 43.9. The van der Waals surface area contributed by atoms with E-state index in [0.717, 1.165) is 0 Å². The fourth-order valence-corrected chi connectivity index (χ4v) is 1.65. The van der Waals surface area contributed by atoms with Gasteiger partial charge in [0.05, 0.1) is 6.61 Å². The van der Waals surface area contributed by atoms with Crippen LogP contribution in [0.15, 0.2) is 12.2 Å². The first kappa shape index (κ1) is 11.6. The summed E-state index contributed by atoms with van der Waals surface area (Å²) in [5.41, 5.74) is -2.66. The SMILES string of the molecule is CC(O)(C#C[C@@]12O[C@@H]1[C@@H](O)C=C[C@@H]2O)CO. The molecule has 0 saturated carbocycles. The van der Waals surface area contributed by atoms with E-state index in [0.29, 0.717) is 0 Å². The lowest BCUT2D eigenvalue weighted by molar-refractivity contribution is 0.0513. The van der Waals surface area contributed by atoms with Crippen LogP contribution in [-0.4, -0.2) is 56.5 Å². The largest absolute Gasteiger partial charge is 0.392 e. The van der Waals surface area contributed by atoms with Gasteiger partial charge in [0.25, 0.3) is 0 Å². The third-order valence-corrected chi connectivity index (χ3v) is 2.76. The van der Waals surface area contributed by atoms with Crippen LogP contribution >= 0.6 is 0 Å². The van der Waals surface area contributed by atoms with Gasteiger partial charge in [0.15, 0.2) is 5.60 Å². The lowest BCUT2D eigenvalue weighted by atomic mass is 9.89. The molecule has 5 atom stereocenters. The van der Waals surface area contributed by atoms with Gasteiger partial charge >= 0.3 is 0 Å². The molecule has 88 valence electrons. The van der Waals surface area contributed by atoms with Crippen LogP contribution in [0.4, 0.5) is 0 Å². The number of rotatable bonds is 1. The molecule has 0 aromatic heterocycles. The van der Waals surface area contributed by atoms with Crippen LogP contribution in [0, 0.1) is 11.8 Å². The van der Waals surface area contributed by atoms with Crippen molar-refractivity contribution in [3.63, 3.8) is 0 Å². The van der Waals surface area contributed by atoms with Gasteiger partial charge in [-0.1, -0.05) is 24.0 Å². The van der Waals surface area contributed by atoms with Gasteiger partial charge in [-0.05, 0) is 6.92 Å². The van der Waals surface area contributed by atoms with Crippen LogP contribution in [-0.2, 0) is 4.74 Å². The Balaban J connectivity index is 2.20. The minimum absolute atomic E-state index is 0.505. The molecule has 4 N–H and O–H groups in total. The van der Waals surface area contributed by atoms with E-state index in [2.05, 4.69) is 11.8 Å². The first-order valence-corrected chi connectivity index (χ1v) is 5.01. The first-order chi connectivity index (χ1) is 7.41. The molecule has 0 radical (unpaired) electrons. The summed E-state index contributed by atoms with van der Waals surface area (Å²) in [6.07, 6.45) is 0.581. The van der Waals surface area contributed by atoms with E-state index in [4.69, 9.17) is 9.84 Å². The van der Waals surface area contributed by atoms with Crippen LogP contribution in [0.25, 0.3) is 0 Å². The van der Waals surface area contributed by atoms with Crippen molar-refractivity contribution in [3.05, 3.63) is 12.2 Å². The molecule has 0 aromatic rings. The van der Waals surface area contributed by atoms with Crippen molar-refractivity contribution in [1.29, 1.82) is 0 Å². The van der Waals surface area contributed by atoms with Gasteiger partial charge < -0.3 is 25.2 Å². The molecule has 5 heteroatoms. The van der Waals surface area contributed by atoms with E-state index < -0.39 is 36.1 Å². The molecular weight excluding hydrogens is 212 g/mol. The Morgan fingerprint density at radius 3 is 2.75 bits per heavy atom. The predicted octanol–water partition coefficient (Wildman–Crippen LogP) is -1.84. The van der Waals surface area contributed by atoms with Crippen LogP contribution in [0.5, 0.6) is 0 Å². The third-order valence-electron chi connectivity index (χ3n) is 2.76. The Morgan fingerprint density at radius 2 is 2.12 bits per heavy atom. The molecule has 1 unspecified atom stereocenters. The van der Waals surface area contributed by atoms with E-state index in [9.17, 15) is 15.3 Å². The molecule has 1 fully saturated rings. The number of epoxide rings is 1. The molecule has 1 aliphatic heterocycles. The average Bonchev–Trinajstić information content (AvgIpc) is 2.99. The monoisotopic (exact) mass is 226 g/mol. The molecule has 2 aliphatic rings. The van der Waals surface area contributed by atoms with Crippen molar-refractivity contribution in [3.8, 4) is 11.8 Å². The quantitative estimate of drug-likeness (QED) is 0.239. The summed E-state index contributed by atoms with van der Waals surface area (Å²) in [5.74, 6) is 5.04. The van der Waals surface area contributed by atoms with Crippen molar-refractivity contribution in [2.75, 3.05) is 6.61 Å². The Bertz CT molecular complexity index is 378. The fraction of sp³-hybridized carbons (Fsp3) is 0.636. The second-order valence-electron chi connectivity index (χ2n) is 4.33. The van der Waals surface area contributed by atoms with Gasteiger partial charge in [-0.25, -0.2) is 0 Å². The van der Waals surface area contributed by atoms with Gasteiger partial charge in [-0.15, -0.1) is 0 Å². The maximum Gasteiger partial charge on any atom is 0.187 e. The number of hydrogen-bond donors (Lipinski definition) is 4. The van der Waals surface area contributed by atoms with Gasteiger partial charge in [0.1, 0.15) is 23.9 Å². The van der Waals surface area contributed by atoms with Gasteiger partial charge in [-0.2, -0.15) is 0 Å². The Labute approximate surface area is 93.0 Å². The maximum atomic E-state index is 9.69. The second kappa shape index (κ2) is 3.55. The zero-order chi connectivity index (χ0) is 12.0. The highest BCUT2D eigenvalue weighted by Crippen LogP contribution is 2.45. The second-order valence-corrected chi connectivity index (χ2v) is 4.33. The summed E-state index contributed by atoms with van der Waals surface area (Å²) in [7, 11) is 0. The van der Waals surface area contributed by atoms with Gasteiger partial charge in [-0.3, -0.25) is 0 Å². The summed E-state index contributed by atoms with van der Waals surface area (Å²) < 4.78 is 5.20. The molecule has 0 amide bonds. The summed E-state index contributed by atoms with van der Waals surface area (Å²) in [6.45, 7) is 0.852. The Kier molecular flexibility index (Phi) is 2.57. The van der Waals surface area contributed by atoms with E-state index in [1.165, 1.54) is 19.1 Å². The summed E-state index contributed by atoms with van der Waals surface area (Å²) >= 11 is 0. The molecule has 0 spiro atoms. The lowest BCUT2D eigenvalue weighted by Gasteiger charge is -2.18. The van der Waals surface area contributed by atoms with Crippen LogP contribution in [0.2, 0.25) is 0 Å². The molecule has 1 aliphatic carbocycles. The molecule has 5 nitrogen and oxygen atoms in total. The highest BCUT2D eigenvalue weighted by molar-refractivity contribution is 5.38. The number of fused-ring (bicyclic) bond motifs is 1. The van der Waals surface area contributed by atoms with Crippen LogP contribution in [0.1, 0.15) is 6.92 Å². The van der Waals surface area contributed by atoms with Crippen molar-refractivity contribution in [2.45, 2.75) is 36.4 Å². The zero-order valence-corrected chi connectivity index (χ0v) is 8.79. The highest BCUT2D eigenvalue weighted by atomic mass is 16.6. The number of aliphatic hydroxyl groups is 4. The maximum absolute atomic E-state index is 9.69. The van der Waals surface area contributed by atoms with Crippen molar-refractivity contribution in [1.82, 2.24) is 0 Å². The molecule has 0 aromatic carbocycles. The fourth-order valence-electron chi connectivity index (χ4n) is 1.65. The molecule has 0 bridgehead atoms. The van der Waals surface area contributed by atoms with Gasteiger partial charge in [0.2, 0.25) is 0 Å². The molecule has 1 saturated heterocycles. The molecule has 2 rings (SSSR count). The number of hydrogen-bond acceptors (Lipinski definition) is 5. The minimum atomic E-state index is -1.53. The topological polar surface area (TPSA) is 93.5 Å². The van der Waals surface area contributed by atoms with Crippen molar-refractivity contribution >= 4 is 0 Å². The summed E-state index contributed by atoms with van der Waals surface area (Å²) in [4.78, 5) is 0. The number of ether oxygens (including phenoxy) is 1. The molecule has 1 heterocycles. The van der Waals surface area contributed by atoms with E-state index in [-0.39, 0.29) is 0 Å². The third kappa shape index (κ3) is 1.75. The van der Waals surface area contributed by atoms with Crippen LogP contribution in [0.3, 0.4) is 0 Å². The molecule has 16 heavy (non-hydrogen) atoms. The molecular formula is C11H14O5. The summed E-state index contributed by atoms with van der Waals surface area (Å²) in [6, 6.07) is 0. The van der Waals surface area contributed by atoms with Crippen molar-refractivity contribution < 1.29 is 25.2 Å². The number of aliphatic hydroxyl groups excluding tert-OH is 3. The van der Waals surface area contributed by atoms with E-state index in [1.807, 2.05) is 0 Å². The smallest absolute Gasteiger partial charge is 0.187 e. The first-order valence-electron chi connectivity index (χ1n) is 5.01. The van der Waals surface area contributed by atoms with Gasteiger partial charge in [0, 0.05) is 0 Å². The zero-order valence-electron chi connectivity index (χ0n) is 8.79. The average molecular weight is 226 g/mol. The van der Waals surface area contributed by atoms with Crippen molar-refractivity contribution in [2.24, 2.45) is 0 Å². The van der Waals surface area contributed by atoms with E-state index >= 15 is 0 Å². The Hall–Kier alpha value is -0.900. The minimum Gasteiger partial charge on any atom is -0.392 e. The Morgan fingerprint density at radius 1 is 1.44 bits per heavy atom. The van der Waals surface area contributed by atoms with Crippen LogP contribution < -0.4 is 0 Å². The standard InChI is InChI=1S/C11H14O5/c1-10(15,6-12)4-5-11-8(14)3-2-7(13)9(11)16-11/h2-3,7-9,12-15H,6H2,1H3/t7-,8-,9+,10?,11-/m0/s1. The van der Waals surface area contributed by atoms with E-state index in [1.54, 1.807) is 0 Å². The lowest BCUT2D eigenvalue weighted by Crippen LogP contribution is -2.37. The highest BCUT2D eigenvalue weighted by Gasteiger charge is 2.64.